The maximum atomic E-state index is 12.2. The molecule has 2 amide bonds. The number of methoxy groups -OCH3 is 1. The van der Waals surface area contributed by atoms with Crippen LogP contribution in [0.15, 0.2) is 18.2 Å². The minimum absolute atomic E-state index is 0.0641. The normalized spacial score (nSPS) is 17.7. The Morgan fingerprint density at radius 2 is 2.26 bits per heavy atom. The van der Waals surface area contributed by atoms with E-state index in [0.29, 0.717) is 18.8 Å². The van der Waals surface area contributed by atoms with Crippen LogP contribution in [0, 0.1) is 6.92 Å². The van der Waals surface area contributed by atoms with Crippen molar-refractivity contribution in [3.8, 4) is 0 Å². The van der Waals surface area contributed by atoms with Crippen molar-refractivity contribution in [2.45, 2.75) is 19.4 Å². The molecule has 0 radical (unpaired) electrons. The number of amides is 2. The van der Waals surface area contributed by atoms with Crippen molar-refractivity contribution in [3.05, 3.63) is 23.8 Å². The highest BCUT2D eigenvalue weighted by atomic mass is 16.5. The van der Waals surface area contributed by atoms with Crippen molar-refractivity contribution in [1.82, 2.24) is 0 Å². The van der Waals surface area contributed by atoms with E-state index in [1.54, 1.807) is 17.9 Å². The molecule has 1 fully saturated rings. The van der Waals surface area contributed by atoms with E-state index in [9.17, 15) is 9.59 Å². The number of carbonyl (C=O) groups is 2. The summed E-state index contributed by atoms with van der Waals surface area (Å²) in [6, 6.07) is 5.39. The summed E-state index contributed by atoms with van der Waals surface area (Å²) in [5.41, 5.74) is 7.15. The van der Waals surface area contributed by atoms with E-state index >= 15 is 0 Å². The van der Waals surface area contributed by atoms with Crippen LogP contribution >= 0.6 is 0 Å². The quantitative estimate of drug-likeness (QED) is 0.831. The molecule has 1 aliphatic rings. The molecule has 1 heterocycles. The Kier molecular flexibility index (Phi) is 5.35. The zero-order valence-electron chi connectivity index (χ0n) is 13.7. The molecule has 0 aromatic heterocycles. The second-order valence-corrected chi connectivity index (χ2v) is 5.90. The maximum absolute atomic E-state index is 12.2. The van der Waals surface area contributed by atoms with Gasteiger partial charge in [-0.15, -0.1) is 0 Å². The molecule has 0 spiro atoms. The number of hydrogen-bond donors (Lipinski definition) is 2. The van der Waals surface area contributed by atoms with Gasteiger partial charge in [-0.2, -0.15) is 0 Å². The molecule has 126 valence electrons. The van der Waals surface area contributed by atoms with Gasteiger partial charge in [0.05, 0.1) is 13.2 Å². The van der Waals surface area contributed by atoms with Crippen LogP contribution in [0.2, 0.25) is 0 Å². The molecule has 0 aliphatic carbocycles. The second kappa shape index (κ2) is 7.08. The number of rotatable bonds is 5. The number of carbonyl (C=O) groups excluding carboxylic acids is 2. The third-order valence-corrected chi connectivity index (χ3v) is 3.69. The summed E-state index contributed by atoms with van der Waals surface area (Å²) in [5, 5.41) is 2.78. The average Bonchev–Trinajstić information content (AvgIpc) is 2.48. The van der Waals surface area contributed by atoms with Gasteiger partial charge in [-0.25, -0.2) is 0 Å². The molecule has 2 rings (SSSR count). The highest BCUT2D eigenvalue weighted by Gasteiger charge is 2.28. The summed E-state index contributed by atoms with van der Waals surface area (Å²) in [4.78, 5) is 25.8. The molecule has 1 aromatic carbocycles. The van der Waals surface area contributed by atoms with E-state index in [4.69, 9.17) is 15.2 Å². The van der Waals surface area contributed by atoms with Crippen LogP contribution in [0.5, 0.6) is 0 Å². The van der Waals surface area contributed by atoms with Gasteiger partial charge in [-0.3, -0.25) is 9.59 Å². The smallest absolute Gasteiger partial charge is 0.253 e. The molecule has 0 bridgehead atoms. The minimum atomic E-state index is -1.11. The van der Waals surface area contributed by atoms with E-state index in [2.05, 4.69) is 5.32 Å². The Hall–Kier alpha value is -1.96. The lowest BCUT2D eigenvalue weighted by molar-refractivity contribution is -0.125. The fourth-order valence-electron chi connectivity index (χ4n) is 2.45. The third kappa shape index (κ3) is 4.07. The standard InChI is InChI=1S/C16H23N3O4/c1-11-8-12(18-15(21)16(2,17)10-22-3)4-5-13(11)19-6-7-23-9-14(19)20/h4-5,8H,6-7,9-10,17H2,1-3H3,(H,18,21). The first-order valence-electron chi connectivity index (χ1n) is 7.43. The van der Waals surface area contributed by atoms with Crippen molar-refractivity contribution in [2.75, 3.05) is 43.7 Å². The molecule has 3 N–H and O–H groups in total. The number of anilines is 2. The predicted molar refractivity (Wildman–Crippen MR) is 87.4 cm³/mol. The number of ether oxygens (including phenoxy) is 2. The van der Waals surface area contributed by atoms with Crippen molar-refractivity contribution >= 4 is 23.2 Å². The molecular formula is C16H23N3O4. The molecule has 1 aliphatic heterocycles. The van der Waals surface area contributed by atoms with E-state index in [-0.39, 0.29) is 25.0 Å². The highest BCUT2D eigenvalue weighted by Crippen LogP contribution is 2.25. The summed E-state index contributed by atoms with van der Waals surface area (Å²) < 4.78 is 10.1. The zero-order chi connectivity index (χ0) is 17.0. The van der Waals surface area contributed by atoms with E-state index < -0.39 is 5.54 Å². The van der Waals surface area contributed by atoms with E-state index in [1.807, 2.05) is 19.1 Å². The number of hydrogen-bond acceptors (Lipinski definition) is 5. The summed E-state index contributed by atoms with van der Waals surface area (Å²) in [7, 11) is 1.50. The van der Waals surface area contributed by atoms with Crippen molar-refractivity contribution in [2.24, 2.45) is 5.73 Å². The van der Waals surface area contributed by atoms with Gasteiger partial charge in [-0.1, -0.05) is 0 Å². The molecule has 7 nitrogen and oxygen atoms in total. The van der Waals surface area contributed by atoms with Crippen LogP contribution in [0.3, 0.4) is 0 Å². The van der Waals surface area contributed by atoms with E-state index in [0.717, 1.165) is 11.3 Å². The number of morpholine rings is 1. The lowest BCUT2D eigenvalue weighted by Gasteiger charge is -2.28. The molecule has 7 heteroatoms. The van der Waals surface area contributed by atoms with Crippen molar-refractivity contribution in [1.29, 1.82) is 0 Å². The lowest BCUT2D eigenvalue weighted by Crippen LogP contribution is -2.52. The zero-order valence-corrected chi connectivity index (χ0v) is 13.7. The first-order chi connectivity index (χ1) is 10.8. The number of nitrogens with zero attached hydrogens (tertiary/aromatic N) is 1. The Labute approximate surface area is 135 Å². The topological polar surface area (TPSA) is 93.9 Å². The summed E-state index contributed by atoms with van der Waals surface area (Å²) in [6.45, 7) is 4.77. The predicted octanol–water partition coefficient (Wildman–Crippen LogP) is 0.661. The molecule has 1 saturated heterocycles. The first kappa shape index (κ1) is 17.4. The van der Waals surface area contributed by atoms with Crippen LogP contribution in [-0.2, 0) is 19.1 Å². The second-order valence-electron chi connectivity index (χ2n) is 5.90. The van der Waals surface area contributed by atoms with Crippen LogP contribution in [0.1, 0.15) is 12.5 Å². The van der Waals surface area contributed by atoms with Gasteiger partial charge in [0.1, 0.15) is 12.1 Å². The van der Waals surface area contributed by atoms with Crippen molar-refractivity contribution < 1.29 is 19.1 Å². The van der Waals surface area contributed by atoms with Gasteiger partial charge >= 0.3 is 0 Å². The largest absolute Gasteiger partial charge is 0.382 e. The molecule has 0 saturated carbocycles. The molecule has 1 unspecified atom stereocenters. The Balaban J connectivity index is 2.13. The van der Waals surface area contributed by atoms with Crippen LogP contribution in [-0.4, -0.2) is 50.8 Å². The third-order valence-electron chi connectivity index (χ3n) is 3.69. The summed E-state index contributed by atoms with van der Waals surface area (Å²) in [6.07, 6.45) is 0. The fraction of sp³-hybridized carbons (Fsp3) is 0.500. The van der Waals surface area contributed by atoms with Gasteiger partial charge in [0.25, 0.3) is 5.91 Å². The van der Waals surface area contributed by atoms with Crippen molar-refractivity contribution in [3.63, 3.8) is 0 Å². The first-order valence-corrected chi connectivity index (χ1v) is 7.43. The average molecular weight is 321 g/mol. The Morgan fingerprint density at radius 1 is 1.52 bits per heavy atom. The Bertz CT molecular complexity index is 601. The summed E-state index contributed by atoms with van der Waals surface area (Å²) >= 11 is 0. The number of nitrogens with one attached hydrogen (secondary N) is 1. The molecule has 1 atom stereocenters. The lowest BCUT2D eigenvalue weighted by atomic mass is 10.0. The number of benzene rings is 1. The monoisotopic (exact) mass is 321 g/mol. The minimum Gasteiger partial charge on any atom is -0.382 e. The maximum Gasteiger partial charge on any atom is 0.253 e. The number of aryl methyl sites for hydroxylation is 1. The summed E-state index contributed by atoms with van der Waals surface area (Å²) in [5.74, 6) is -0.389. The molecule has 1 aromatic rings. The molecular weight excluding hydrogens is 298 g/mol. The van der Waals surface area contributed by atoms with Crippen LogP contribution in [0.25, 0.3) is 0 Å². The van der Waals surface area contributed by atoms with Crippen LogP contribution in [0.4, 0.5) is 11.4 Å². The van der Waals surface area contributed by atoms with Gasteiger partial charge in [-0.05, 0) is 37.6 Å². The molecule has 23 heavy (non-hydrogen) atoms. The number of nitrogens with two attached hydrogens (primary N) is 1. The van der Waals surface area contributed by atoms with Gasteiger partial charge in [0.15, 0.2) is 0 Å². The van der Waals surface area contributed by atoms with Gasteiger partial charge in [0.2, 0.25) is 5.91 Å². The van der Waals surface area contributed by atoms with E-state index in [1.165, 1.54) is 7.11 Å². The van der Waals surface area contributed by atoms with Gasteiger partial charge in [0, 0.05) is 25.0 Å². The van der Waals surface area contributed by atoms with Crippen LogP contribution < -0.4 is 16.0 Å². The fourth-order valence-corrected chi connectivity index (χ4v) is 2.45. The SMILES string of the molecule is COCC(C)(N)C(=O)Nc1ccc(N2CCOCC2=O)c(C)c1. The Morgan fingerprint density at radius 3 is 2.87 bits per heavy atom. The highest BCUT2D eigenvalue weighted by molar-refractivity contribution is 5.99. The van der Waals surface area contributed by atoms with Gasteiger partial charge < -0.3 is 25.4 Å².